The Morgan fingerprint density at radius 1 is 1.25 bits per heavy atom. The highest BCUT2D eigenvalue weighted by Gasteiger charge is 2.35. The minimum atomic E-state index is -3.87. The maximum Gasteiger partial charge on any atom is 0.243 e. The molecule has 0 unspecified atom stereocenters. The number of sulfonamides is 1. The summed E-state index contributed by atoms with van der Waals surface area (Å²) < 4.78 is 38.7. The Balaban J connectivity index is 1.88. The lowest BCUT2D eigenvalue weighted by molar-refractivity contribution is -0.135. The zero-order chi connectivity index (χ0) is 20.1. The molecule has 3 rings (SSSR count). The van der Waals surface area contributed by atoms with Gasteiger partial charge in [-0.15, -0.1) is 0 Å². The number of methoxy groups -OCH3 is 1. The maximum absolute atomic E-state index is 13.4. The fraction of sp³-hybridized carbons (Fsp3) is 0.632. The molecule has 0 aromatic heterocycles. The summed E-state index contributed by atoms with van der Waals surface area (Å²) in [4.78, 5) is 14.6. The van der Waals surface area contributed by atoms with Crippen LogP contribution in [0.15, 0.2) is 23.1 Å². The second-order valence-corrected chi connectivity index (χ2v) is 9.43. The van der Waals surface area contributed by atoms with Crippen molar-refractivity contribution in [1.29, 1.82) is 0 Å². The van der Waals surface area contributed by atoms with Gasteiger partial charge in [-0.3, -0.25) is 4.79 Å². The van der Waals surface area contributed by atoms with Crippen molar-refractivity contribution in [3.8, 4) is 5.75 Å². The number of rotatable bonds is 6. The highest BCUT2D eigenvalue weighted by atomic mass is 35.5. The van der Waals surface area contributed by atoms with Crippen molar-refractivity contribution in [3.05, 3.63) is 23.2 Å². The molecular weight excluding hydrogens is 404 g/mol. The first-order valence-electron chi connectivity index (χ1n) is 9.64. The fourth-order valence-corrected chi connectivity index (χ4v) is 5.75. The molecule has 28 heavy (non-hydrogen) atoms. The van der Waals surface area contributed by atoms with Gasteiger partial charge >= 0.3 is 0 Å². The van der Waals surface area contributed by atoms with Crippen LogP contribution in [0.5, 0.6) is 5.75 Å². The summed E-state index contributed by atoms with van der Waals surface area (Å²) >= 11 is 6.16. The molecule has 2 aliphatic rings. The van der Waals surface area contributed by atoms with E-state index in [1.807, 2.05) is 0 Å². The predicted molar refractivity (Wildman–Crippen MR) is 106 cm³/mol. The summed E-state index contributed by atoms with van der Waals surface area (Å²) in [6, 6.07) is 4.24. The number of amides is 1. The van der Waals surface area contributed by atoms with Crippen LogP contribution >= 0.6 is 11.6 Å². The SMILES string of the molecule is COc1ccc(S(=O)(=O)N(CC(=O)N2CCOCC2)C2CCCCC2)cc1Cl. The zero-order valence-corrected chi connectivity index (χ0v) is 17.7. The second-order valence-electron chi connectivity index (χ2n) is 7.13. The topological polar surface area (TPSA) is 76.2 Å². The molecule has 1 saturated carbocycles. The molecule has 9 heteroatoms. The van der Waals surface area contributed by atoms with Gasteiger partial charge in [-0.2, -0.15) is 4.31 Å². The molecule has 1 aliphatic heterocycles. The molecule has 0 radical (unpaired) electrons. The largest absolute Gasteiger partial charge is 0.495 e. The normalized spacial score (nSPS) is 19.0. The third-order valence-corrected chi connectivity index (χ3v) is 7.56. The summed E-state index contributed by atoms with van der Waals surface area (Å²) in [6.07, 6.45) is 4.55. The number of hydrogen-bond acceptors (Lipinski definition) is 5. The Bertz CT molecular complexity index is 790. The molecule has 2 fully saturated rings. The summed E-state index contributed by atoms with van der Waals surface area (Å²) in [7, 11) is -2.39. The van der Waals surface area contributed by atoms with E-state index in [9.17, 15) is 13.2 Å². The molecule has 1 aromatic rings. The van der Waals surface area contributed by atoms with Gasteiger partial charge in [0.1, 0.15) is 5.75 Å². The van der Waals surface area contributed by atoms with E-state index in [0.717, 1.165) is 32.1 Å². The van der Waals surface area contributed by atoms with Crippen LogP contribution in [-0.2, 0) is 19.6 Å². The van der Waals surface area contributed by atoms with Crippen LogP contribution < -0.4 is 4.74 Å². The third-order valence-electron chi connectivity index (χ3n) is 5.37. The van der Waals surface area contributed by atoms with Crippen LogP contribution in [0.4, 0.5) is 0 Å². The fourth-order valence-electron chi connectivity index (χ4n) is 3.77. The van der Waals surface area contributed by atoms with Gasteiger partial charge in [0.2, 0.25) is 15.9 Å². The van der Waals surface area contributed by atoms with E-state index in [1.54, 1.807) is 4.90 Å². The monoisotopic (exact) mass is 430 g/mol. The molecule has 0 spiro atoms. The lowest BCUT2D eigenvalue weighted by atomic mass is 9.95. The first kappa shape index (κ1) is 21.4. The predicted octanol–water partition coefficient (Wildman–Crippen LogP) is 2.53. The molecule has 0 bridgehead atoms. The van der Waals surface area contributed by atoms with Crippen molar-refractivity contribution in [2.75, 3.05) is 40.0 Å². The van der Waals surface area contributed by atoms with Gasteiger partial charge in [0.25, 0.3) is 0 Å². The number of carbonyl (C=O) groups excluding carboxylic acids is 1. The molecule has 1 saturated heterocycles. The Kier molecular flexibility index (Phi) is 7.20. The molecule has 156 valence electrons. The Labute approximate surface area is 171 Å². The van der Waals surface area contributed by atoms with Crippen molar-refractivity contribution < 1.29 is 22.7 Å². The van der Waals surface area contributed by atoms with Crippen LogP contribution in [-0.4, -0.2) is 69.5 Å². The van der Waals surface area contributed by atoms with E-state index in [1.165, 1.54) is 29.6 Å². The van der Waals surface area contributed by atoms with Gasteiger partial charge in [-0.1, -0.05) is 30.9 Å². The number of hydrogen-bond donors (Lipinski definition) is 0. The van der Waals surface area contributed by atoms with Crippen molar-refractivity contribution >= 4 is 27.5 Å². The smallest absolute Gasteiger partial charge is 0.243 e. The number of halogens is 1. The summed E-state index contributed by atoms with van der Waals surface area (Å²) in [5.74, 6) is 0.228. The minimum absolute atomic E-state index is 0.0821. The van der Waals surface area contributed by atoms with Crippen LogP contribution in [0.1, 0.15) is 32.1 Å². The van der Waals surface area contributed by atoms with Gasteiger partial charge < -0.3 is 14.4 Å². The van der Waals surface area contributed by atoms with Gasteiger partial charge in [-0.05, 0) is 31.0 Å². The first-order chi connectivity index (χ1) is 13.4. The average molecular weight is 431 g/mol. The van der Waals surface area contributed by atoms with E-state index in [-0.39, 0.29) is 28.4 Å². The second kappa shape index (κ2) is 9.43. The Morgan fingerprint density at radius 2 is 1.93 bits per heavy atom. The summed E-state index contributed by atoms with van der Waals surface area (Å²) in [5.41, 5.74) is 0. The lowest BCUT2D eigenvalue weighted by Gasteiger charge is -2.35. The Hall–Kier alpha value is -1.35. The van der Waals surface area contributed by atoms with Crippen molar-refractivity contribution in [3.63, 3.8) is 0 Å². The molecular formula is C19H27ClN2O5S. The molecule has 0 N–H and O–H groups in total. The standard InChI is InChI=1S/C19H27ClN2O5S/c1-26-18-8-7-16(13-17(18)20)28(24,25)22(15-5-3-2-4-6-15)14-19(23)21-9-11-27-12-10-21/h7-8,13,15H,2-6,9-12,14H2,1H3. The minimum Gasteiger partial charge on any atom is -0.495 e. The number of benzene rings is 1. The molecule has 1 heterocycles. The van der Waals surface area contributed by atoms with E-state index < -0.39 is 10.0 Å². The average Bonchev–Trinajstić information content (AvgIpc) is 2.72. The highest BCUT2D eigenvalue weighted by Crippen LogP contribution is 2.32. The van der Waals surface area contributed by atoms with Gasteiger partial charge in [0, 0.05) is 19.1 Å². The van der Waals surface area contributed by atoms with Crippen molar-refractivity contribution in [2.24, 2.45) is 0 Å². The maximum atomic E-state index is 13.4. The number of nitrogens with zero attached hydrogens (tertiary/aromatic N) is 2. The van der Waals surface area contributed by atoms with Crippen LogP contribution in [0, 0.1) is 0 Å². The van der Waals surface area contributed by atoms with Crippen LogP contribution in [0.2, 0.25) is 5.02 Å². The van der Waals surface area contributed by atoms with Crippen molar-refractivity contribution in [1.82, 2.24) is 9.21 Å². The van der Waals surface area contributed by atoms with Gasteiger partial charge in [0.05, 0.1) is 36.8 Å². The quantitative estimate of drug-likeness (QED) is 0.693. The van der Waals surface area contributed by atoms with E-state index >= 15 is 0 Å². The number of carbonyl (C=O) groups is 1. The highest BCUT2D eigenvalue weighted by molar-refractivity contribution is 7.89. The molecule has 1 aromatic carbocycles. The Morgan fingerprint density at radius 3 is 2.54 bits per heavy atom. The molecule has 1 amide bonds. The van der Waals surface area contributed by atoms with Crippen LogP contribution in [0.25, 0.3) is 0 Å². The third kappa shape index (κ3) is 4.79. The van der Waals surface area contributed by atoms with Gasteiger partial charge in [-0.25, -0.2) is 8.42 Å². The number of ether oxygens (including phenoxy) is 2. The summed E-state index contributed by atoms with van der Waals surface area (Å²) in [6.45, 7) is 1.79. The van der Waals surface area contributed by atoms with Gasteiger partial charge in [0.15, 0.2) is 0 Å². The molecule has 7 nitrogen and oxygen atoms in total. The lowest BCUT2D eigenvalue weighted by Crippen LogP contribution is -2.50. The molecule has 0 atom stereocenters. The number of morpholine rings is 1. The van der Waals surface area contributed by atoms with E-state index in [4.69, 9.17) is 21.1 Å². The molecule has 1 aliphatic carbocycles. The summed E-state index contributed by atoms with van der Waals surface area (Å²) in [5, 5.41) is 0.228. The van der Waals surface area contributed by atoms with E-state index in [2.05, 4.69) is 0 Å². The van der Waals surface area contributed by atoms with E-state index in [0.29, 0.717) is 32.1 Å². The zero-order valence-electron chi connectivity index (χ0n) is 16.1. The van der Waals surface area contributed by atoms with Crippen molar-refractivity contribution in [2.45, 2.75) is 43.0 Å². The van der Waals surface area contributed by atoms with Crippen LogP contribution in [0.3, 0.4) is 0 Å². The first-order valence-corrected chi connectivity index (χ1v) is 11.5.